The van der Waals surface area contributed by atoms with Crippen LogP contribution in [0.15, 0.2) is 42.5 Å². The van der Waals surface area contributed by atoms with E-state index < -0.39 is 5.97 Å². The van der Waals surface area contributed by atoms with Gasteiger partial charge in [-0.15, -0.1) is 0 Å². The fraction of sp³-hybridized carbons (Fsp3) is 0.500. The molecule has 0 unspecified atom stereocenters. The van der Waals surface area contributed by atoms with Crippen LogP contribution in [0, 0.1) is 18.8 Å². The van der Waals surface area contributed by atoms with Crippen LogP contribution in [0.4, 0.5) is 0 Å². The van der Waals surface area contributed by atoms with Gasteiger partial charge in [-0.1, -0.05) is 35.9 Å². The lowest BCUT2D eigenvalue weighted by Crippen LogP contribution is -2.34. The maximum absolute atomic E-state index is 11.8. The van der Waals surface area contributed by atoms with Crippen LogP contribution in [-0.4, -0.2) is 52.4 Å². The number of imide groups is 1. The molecule has 0 aromatic heterocycles. The maximum Gasteiger partial charge on any atom is 0.306 e. The van der Waals surface area contributed by atoms with Crippen molar-refractivity contribution in [2.45, 2.75) is 65.0 Å². The molecule has 1 atom stereocenters. The SMILES string of the molecule is Cc1cc(CN(C[C@H]2CC[C@H](C(=O)O)CC2)[C@H](C)c2ccc(Cl)cc2)ccc1OCCN1C(=O)CCC1=O. The normalized spacial score (nSPS) is 20.7. The van der Waals surface area contributed by atoms with Crippen molar-refractivity contribution in [2.24, 2.45) is 11.8 Å². The highest BCUT2D eigenvalue weighted by Crippen LogP contribution is 2.33. The van der Waals surface area contributed by atoms with Gasteiger partial charge in [0.2, 0.25) is 11.8 Å². The van der Waals surface area contributed by atoms with E-state index in [4.69, 9.17) is 16.3 Å². The Balaban J connectivity index is 1.42. The molecule has 1 saturated heterocycles. The molecule has 1 aliphatic carbocycles. The van der Waals surface area contributed by atoms with E-state index in [1.54, 1.807) is 0 Å². The van der Waals surface area contributed by atoms with Gasteiger partial charge in [0.25, 0.3) is 0 Å². The number of hydrogen-bond acceptors (Lipinski definition) is 5. The van der Waals surface area contributed by atoms with Gasteiger partial charge in [0.1, 0.15) is 12.4 Å². The molecule has 1 saturated carbocycles. The zero-order valence-electron chi connectivity index (χ0n) is 22.2. The van der Waals surface area contributed by atoms with Gasteiger partial charge in [0.15, 0.2) is 0 Å². The molecule has 0 spiro atoms. The Morgan fingerprint density at radius 1 is 1.08 bits per heavy atom. The number of halogens is 1. The molecule has 8 heteroatoms. The van der Waals surface area contributed by atoms with Crippen LogP contribution in [0.3, 0.4) is 0 Å². The molecule has 2 aromatic carbocycles. The number of aliphatic carboxylic acids is 1. The Kier molecular flexibility index (Phi) is 9.44. The molecule has 2 fully saturated rings. The first kappa shape index (κ1) is 28.1. The summed E-state index contributed by atoms with van der Waals surface area (Å²) in [4.78, 5) is 38.8. The van der Waals surface area contributed by atoms with Crippen LogP contribution in [0.1, 0.15) is 68.2 Å². The summed E-state index contributed by atoms with van der Waals surface area (Å²) in [5.41, 5.74) is 3.36. The molecule has 1 aliphatic heterocycles. The number of amides is 2. The van der Waals surface area contributed by atoms with E-state index in [0.29, 0.717) is 23.8 Å². The lowest BCUT2D eigenvalue weighted by atomic mass is 9.81. The van der Waals surface area contributed by atoms with Crippen LogP contribution < -0.4 is 4.74 Å². The van der Waals surface area contributed by atoms with Crippen LogP contribution in [0.2, 0.25) is 5.02 Å². The Morgan fingerprint density at radius 2 is 1.74 bits per heavy atom. The largest absolute Gasteiger partial charge is 0.491 e. The second kappa shape index (κ2) is 12.8. The number of nitrogens with zero attached hydrogens (tertiary/aromatic N) is 2. The van der Waals surface area contributed by atoms with Gasteiger partial charge in [0, 0.05) is 37.0 Å². The molecular formula is C30H37ClN2O5. The highest BCUT2D eigenvalue weighted by molar-refractivity contribution is 6.30. The van der Waals surface area contributed by atoms with Gasteiger partial charge in [0.05, 0.1) is 12.5 Å². The zero-order valence-corrected chi connectivity index (χ0v) is 23.0. The summed E-state index contributed by atoms with van der Waals surface area (Å²) < 4.78 is 5.91. The minimum absolute atomic E-state index is 0.128. The van der Waals surface area contributed by atoms with Gasteiger partial charge in [-0.05, 0) is 80.3 Å². The van der Waals surface area contributed by atoms with Crippen molar-refractivity contribution in [1.82, 2.24) is 9.80 Å². The number of hydrogen-bond donors (Lipinski definition) is 1. The number of likely N-dealkylation sites (tertiary alicyclic amines) is 1. The molecular weight excluding hydrogens is 504 g/mol. The van der Waals surface area contributed by atoms with E-state index in [1.807, 2.05) is 25.1 Å². The first-order valence-corrected chi connectivity index (χ1v) is 13.9. The number of carboxylic acids is 1. The Morgan fingerprint density at radius 3 is 2.34 bits per heavy atom. The molecule has 0 radical (unpaired) electrons. The van der Waals surface area contributed by atoms with Crippen molar-refractivity contribution in [3.05, 3.63) is 64.2 Å². The first-order chi connectivity index (χ1) is 18.2. The number of carbonyl (C=O) groups is 3. The van der Waals surface area contributed by atoms with Gasteiger partial charge in [-0.3, -0.25) is 24.2 Å². The van der Waals surface area contributed by atoms with Crippen molar-refractivity contribution in [2.75, 3.05) is 19.7 Å². The van der Waals surface area contributed by atoms with E-state index in [-0.39, 0.29) is 36.9 Å². The average molecular weight is 541 g/mol. The molecule has 2 aliphatic rings. The highest BCUT2D eigenvalue weighted by atomic mass is 35.5. The number of rotatable bonds is 11. The quantitative estimate of drug-likeness (QED) is 0.372. The standard InChI is InChI=1S/C30H37ClN2O5/c1-20-17-23(5-12-27(20)38-16-15-33-28(34)13-14-29(33)35)19-32(21(2)24-8-10-26(31)11-9-24)18-22-3-6-25(7-4-22)30(36)37/h5,8-12,17,21-22,25H,3-4,6-7,13-16,18-19H2,1-2H3,(H,36,37)/t21-,22-,25-/m1/s1. The van der Waals surface area contributed by atoms with Crippen LogP contribution in [0.5, 0.6) is 5.75 Å². The summed E-state index contributed by atoms with van der Waals surface area (Å²) in [6, 6.07) is 14.3. The van der Waals surface area contributed by atoms with Crippen molar-refractivity contribution in [3.63, 3.8) is 0 Å². The molecule has 1 N–H and O–H groups in total. The molecule has 38 heavy (non-hydrogen) atoms. The first-order valence-electron chi connectivity index (χ1n) is 13.5. The fourth-order valence-corrected chi connectivity index (χ4v) is 5.69. The van der Waals surface area contributed by atoms with E-state index in [2.05, 4.69) is 36.1 Å². The van der Waals surface area contributed by atoms with E-state index in [1.165, 1.54) is 16.0 Å². The fourth-order valence-electron chi connectivity index (χ4n) is 5.56. The third-order valence-corrected chi connectivity index (χ3v) is 8.19. The van der Waals surface area contributed by atoms with Gasteiger partial charge in [-0.25, -0.2) is 0 Å². The van der Waals surface area contributed by atoms with Crippen molar-refractivity contribution in [1.29, 1.82) is 0 Å². The molecule has 2 aromatic rings. The predicted molar refractivity (Wildman–Crippen MR) is 146 cm³/mol. The van der Waals surface area contributed by atoms with E-state index >= 15 is 0 Å². The second-order valence-electron chi connectivity index (χ2n) is 10.6. The summed E-state index contributed by atoms with van der Waals surface area (Å²) >= 11 is 6.13. The van der Waals surface area contributed by atoms with Crippen molar-refractivity contribution >= 4 is 29.4 Å². The number of benzene rings is 2. The number of ether oxygens (including phenoxy) is 1. The summed E-state index contributed by atoms with van der Waals surface area (Å²) in [6.07, 6.45) is 3.91. The smallest absolute Gasteiger partial charge is 0.306 e. The minimum Gasteiger partial charge on any atom is -0.491 e. The minimum atomic E-state index is -0.675. The lowest BCUT2D eigenvalue weighted by Gasteiger charge is -2.35. The number of carbonyl (C=O) groups excluding carboxylic acids is 2. The molecule has 1 heterocycles. The van der Waals surface area contributed by atoms with Gasteiger partial charge < -0.3 is 9.84 Å². The third-order valence-electron chi connectivity index (χ3n) is 7.94. The summed E-state index contributed by atoms with van der Waals surface area (Å²) in [5.74, 6) is 0.0581. The molecule has 4 rings (SSSR count). The highest BCUT2D eigenvalue weighted by Gasteiger charge is 2.29. The van der Waals surface area contributed by atoms with Crippen molar-refractivity contribution in [3.8, 4) is 5.75 Å². The number of carboxylic acid groups (broad SMARTS) is 1. The average Bonchev–Trinajstić information content (AvgIpc) is 3.22. The molecule has 2 amide bonds. The number of aryl methyl sites for hydroxylation is 1. The predicted octanol–water partition coefficient (Wildman–Crippen LogP) is 5.63. The second-order valence-corrected chi connectivity index (χ2v) is 11.0. The van der Waals surface area contributed by atoms with Crippen molar-refractivity contribution < 1.29 is 24.2 Å². The van der Waals surface area contributed by atoms with Crippen LogP contribution >= 0.6 is 11.6 Å². The lowest BCUT2D eigenvalue weighted by molar-refractivity contribution is -0.143. The maximum atomic E-state index is 11.8. The topological polar surface area (TPSA) is 87.2 Å². The van der Waals surface area contributed by atoms with Gasteiger partial charge in [-0.2, -0.15) is 0 Å². The Bertz CT molecular complexity index is 1130. The Labute approximate surface area is 229 Å². The molecule has 7 nitrogen and oxygen atoms in total. The van der Waals surface area contributed by atoms with Crippen LogP contribution in [-0.2, 0) is 20.9 Å². The Hall–Kier alpha value is -2.90. The summed E-state index contributed by atoms with van der Waals surface area (Å²) in [7, 11) is 0. The van der Waals surface area contributed by atoms with Gasteiger partial charge >= 0.3 is 5.97 Å². The van der Waals surface area contributed by atoms with Crippen LogP contribution in [0.25, 0.3) is 0 Å². The monoisotopic (exact) mass is 540 g/mol. The molecule has 0 bridgehead atoms. The zero-order chi connectivity index (χ0) is 27.2. The molecule has 204 valence electrons. The van der Waals surface area contributed by atoms with E-state index in [9.17, 15) is 19.5 Å². The summed E-state index contributed by atoms with van der Waals surface area (Å²) in [5, 5.41) is 10.1. The summed E-state index contributed by atoms with van der Waals surface area (Å²) in [6.45, 7) is 6.40. The third kappa shape index (κ3) is 7.14. The van der Waals surface area contributed by atoms with E-state index in [0.717, 1.165) is 50.1 Å².